The van der Waals surface area contributed by atoms with Crippen molar-refractivity contribution < 1.29 is 9.32 Å². The minimum absolute atomic E-state index is 0.0371. The van der Waals surface area contributed by atoms with Gasteiger partial charge in [-0.2, -0.15) is 4.98 Å². The van der Waals surface area contributed by atoms with Crippen LogP contribution in [0, 0.1) is 0 Å². The Bertz CT molecular complexity index is 859. The topological polar surface area (TPSA) is 99.9 Å². The van der Waals surface area contributed by atoms with Gasteiger partial charge in [-0.3, -0.25) is 9.69 Å². The molecule has 0 aliphatic rings. The summed E-state index contributed by atoms with van der Waals surface area (Å²) < 4.78 is 5.07. The Labute approximate surface area is 143 Å². The predicted octanol–water partition coefficient (Wildman–Crippen LogP) is 1.63. The summed E-state index contributed by atoms with van der Waals surface area (Å²) in [4.78, 5) is 25.2. The molecule has 3 aromatic rings. The minimum Gasteiger partial charge on any atom is -0.352 e. The average molecular weight is 349 g/mol. The van der Waals surface area contributed by atoms with E-state index in [1.54, 1.807) is 0 Å². The molecule has 126 valence electrons. The van der Waals surface area contributed by atoms with Crippen LogP contribution in [-0.4, -0.2) is 51.6 Å². The number of hydrogen-bond donors (Lipinski definition) is 2. The third kappa shape index (κ3) is 3.72. The van der Waals surface area contributed by atoms with Crippen molar-refractivity contribution in [3.05, 3.63) is 40.8 Å². The fraction of sp³-hybridized carbons (Fsp3) is 0.333. The number of hydrogen-bond acceptors (Lipinski definition) is 6. The summed E-state index contributed by atoms with van der Waals surface area (Å²) in [6, 6.07) is 5.57. The molecule has 0 aliphatic heterocycles. The van der Waals surface area contributed by atoms with Crippen LogP contribution in [0.1, 0.15) is 22.3 Å². The summed E-state index contributed by atoms with van der Waals surface area (Å²) in [6.07, 6.45) is 0.735. The summed E-state index contributed by atoms with van der Waals surface area (Å²) in [6.45, 7) is 1.20. The van der Waals surface area contributed by atoms with E-state index in [1.807, 2.05) is 30.1 Å². The van der Waals surface area contributed by atoms with Crippen LogP contribution < -0.4 is 5.32 Å². The van der Waals surface area contributed by atoms with Crippen LogP contribution in [-0.2, 0) is 13.0 Å². The molecule has 3 rings (SSSR count). The van der Waals surface area contributed by atoms with E-state index in [1.165, 1.54) is 7.05 Å². The van der Waals surface area contributed by atoms with Crippen LogP contribution in [0.5, 0.6) is 0 Å². The average Bonchev–Trinajstić information content (AvgIpc) is 3.18. The van der Waals surface area contributed by atoms with Gasteiger partial charge in [0.05, 0.1) is 17.6 Å². The molecular formula is C15H17ClN6O2. The lowest BCUT2D eigenvalue weighted by molar-refractivity contribution is 0.0950. The Kier molecular flexibility index (Phi) is 4.77. The zero-order valence-corrected chi connectivity index (χ0v) is 14.1. The van der Waals surface area contributed by atoms with Gasteiger partial charge >= 0.3 is 0 Å². The predicted molar refractivity (Wildman–Crippen MR) is 88.8 cm³/mol. The summed E-state index contributed by atoms with van der Waals surface area (Å²) >= 11 is 5.97. The Morgan fingerprint density at radius 3 is 3.04 bits per heavy atom. The van der Waals surface area contributed by atoms with Crippen LogP contribution in [0.2, 0.25) is 5.02 Å². The molecule has 0 fully saturated rings. The minimum atomic E-state index is -0.367. The van der Waals surface area contributed by atoms with E-state index < -0.39 is 0 Å². The summed E-state index contributed by atoms with van der Waals surface area (Å²) in [5.74, 6) is 0.951. The number of carbonyl (C=O) groups excluding carboxylic acids is 1. The van der Waals surface area contributed by atoms with Crippen molar-refractivity contribution in [1.29, 1.82) is 0 Å². The highest BCUT2D eigenvalue weighted by Crippen LogP contribution is 2.17. The first kappa shape index (κ1) is 16.4. The van der Waals surface area contributed by atoms with Crippen molar-refractivity contribution in [3.63, 3.8) is 0 Å². The van der Waals surface area contributed by atoms with E-state index in [0.29, 0.717) is 17.5 Å². The maximum atomic E-state index is 11.4. The lowest BCUT2D eigenvalue weighted by Crippen LogP contribution is -2.22. The number of amides is 1. The zero-order chi connectivity index (χ0) is 17.1. The lowest BCUT2D eigenvalue weighted by Gasteiger charge is -2.12. The number of imidazole rings is 1. The Hall–Kier alpha value is -2.45. The highest BCUT2D eigenvalue weighted by atomic mass is 35.5. The maximum absolute atomic E-state index is 11.4. The van der Waals surface area contributed by atoms with Gasteiger partial charge in [0.1, 0.15) is 5.82 Å². The van der Waals surface area contributed by atoms with Gasteiger partial charge in [-0.25, -0.2) is 4.98 Å². The number of fused-ring (bicyclic) bond motifs is 1. The number of likely N-dealkylation sites (N-methyl/N-ethyl adjacent to an activating group) is 1. The van der Waals surface area contributed by atoms with Crippen molar-refractivity contribution in [2.24, 2.45) is 0 Å². The fourth-order valence-electron chi connectivity index (χ4n) is 2.28. The van der Waals surface area contributed by atoms with Gasteiger partial charge in [0.2, 0.25) is 5.89 Å². The quantitative estimate of drug-likeness (QED) is 0.702. The van der Waals surface area contributed by atoms with Gasteiger partial charge < -0.3 is 14.8 Å². The van der Waals surface area contributed by atoms with Gasteiger partial charge in [-0.1, -0.05) is 16.8 Å². The van der Waals surface area contributed by atoms with Gasteiger partial charge in [0.15, 0.2) is 0 Å². The molecule has 0 aliphatic carbocycles. The van der Waals surface area contributed by atoms with E-state index in [0.717, 1.165) is 29.8 Å². The number of aromatic nitrogens is 4. The van der Waals surface area contributed by atoms with Gasteiger partial charge in [0, 0.05) is 25.0 Å². The van der Waals surface area contributed by atoms with Crippen LogP contribution in [0.4, 0.5) is 0 Å². The lowest BCUT2D eigenvalue weighted by atomic mass is 10.3. The van der Waals surface area contributed by atoms with E-state index in [-0.39, 0.29) is 11.7 Å². The third-order valence-corrected chi connectivity index (χ3v) is 3.76. The standard InChI is InChI=1S/C15H17ClN6O2/c1-17-15(23)14-20-13(24-21-14)8-22(2)6-5-12-18-10-4-3-9(16)7-11(10)19-12/h3-4,7H,5-6,8H2,1-2H3,(H,17,23)(H,18,19). The largest absolute Gasteiger partial charge is 0.352 e. The van der Waals surface area contributed by atoms with Gasteiger partial charge in [-0.15, -0.1) is 0 Å². The SMILES string of the molecule is CNC(=O)c1noc(CN(C)CCc2nc3ccc(Cl)cc3[nH]2)n1. The van der Waals surface area contributed by atoms with Crippen molar-refractivity contribution in [2.75, 3.05) is 20.6 Å². The first-order valence-electron chi connectivity index (χ1n) is 7.42. The number of aromatic amines is 1. The number of H-pyrrole nitrogens is 1. The van der Waals surface area contributed by atoms with E-state index in [4.69, 9.17) is 16.1 Å². The molecule has 0 saturated carbocycles. The van der Waals surface area contributed by atoms with Crippen molar-refractivity contribution in [1.82, 2.24) is 30.3 Å². The van der Waals surface area contributed by atoms with Crippen molar-refractivity contribution >= 4 is 28.5 Å². The molecule has 1 amide bonds. The van der Waals surface area contributed by atoms with E-state index in [2.05, 4.69) is 25.4 Å². The normalized spacial score (nSPS) is 11.3. The van der Waals surface area contributed by atoms with E-state index in [9.17, 15) is 4.79 Å². The number of carbonyl (C=O) groups is 1. The molecule has 1 aromatic carbocycles. The first-order valence-corrected chi connectivity index (χ1v) is 7.80. The first-order chi connectivity index (χ1) is 11.5. The molecule has 0 unspecified atom stereocenters. The molecule has 9 heteroatoms. The van der Waals surface area contributed by atoms with Gasteiger partial charge in [-0.05, 0) is 25.2 Å². The summed E-state index contributed by atoms with van der Waals surface area (Å²) in [5, 5.41) is 6.77. The molecule has 2 N–H and O–H groups in total. The zero-order valence-electron chi connectivity index (χ0n) is 13.3. The highest BCUT2D eigenvalue weighted by Gasteiger charge is 2.14. The number of nitrogens with zero attached hydrogens (tertiary/aromatic N) is 4. The molecule has 0 spiro atoms. The molecule has 24 heavy (non-hydrogen) atoms. The number of benzene rings is 1. The van der Waals surface area contributed by atoms with Crippen LogP contribution in [0.25, 0.3) is 11.0 Å². The molecule has 2 heterocycles. The van der Waals surface area contributed by atoms with E-state index >= 15 is 0 Å². The second-order valence-electron chi connectivity index (χ2n) is 5.42. The number of rotatable bonds is 6. The third-order valence-electron chi connectivity index (χ3n) is 3.53. The Balaban J connectivity index is 1.57. The number of halogens is 1. The Morgan fingerprint density at radius 2 is 2.25 bits per heavy atom. The van der Waals surface area contributed by atoms with Crippen LogP contribution in [0.3, 0.4) is 0 Å². The second-order valence-corrected chi connectivity index (χ2v) is 5.86. The molecule has 0 saturated heterocycles. The molecule has 0 bridgehead atoms. The maximum Gasteiger partial charge on any atom is 0.292 e. The monoisotopic (exact) mass is 348 g/mol. The molecule has 0 atom stereocenters. The fourth-order valence-corrected chi connectivity index (χ4v) is 2.46. The summed E-state index contributed by atoms with van der Waals surface area (Å²) in [7, 11) is 3.45. The molecule has 2 aromatic heterocycles. The molecule has 0 radical (unpaired) electrons. The van der Waals surface area contributed by atoms with Crippen LogP contribution in [0.15, 0.2) is 22.7 Å². The number of nitrogens with one attached hydrogen (secondary N) is 2. The van der Waals surface area contributed by atoms with Crippen molar-refractivity contribution in [3.8, 4) is 0 Å². The van der Waals surface area contributed by atoms with Crippen LogP contribution >= 0.6 is 11.6 Å². The second kappa shape index (κ2) is 6.98. The molecule has 8 nitrogen and oxygen atoms in total. The molecular weight excluding hydrogens is 332 g/mol. The Morgan fingerprint density at radius 1 is 1.42 bits per heavy atom. The smallest absolute Gasteiger partial charge is 0.292 e. The van der Waals surface area contributed by atoms with Crippen molar-refractivity contribution in [2.45, 2.75) is 13.0 Å². The van der Waals surface area contributed by atoms with Gasteiger partial charge in [0.25, 0.3) is 11.7 Å². The summed E-state index contributed by atoms with van der Waals surface area (Å²) in [5.41, 5.74) is 1.82. The highest BCUT2D eigenvalue weighted by molar-refractivity contribution is 6.31.